The third-order valence-electron chi connectivity index (χ3n) is 4.54. The van der Waals surface area contributed by atoms with Crippen LogP contribution in [0.3, 0.4) is 0 Å². The zero-order valence-corrected chi connectivity index (χ0v) is 12.1. The van der Waals surface area contributed by atoms with E-state index in [0.717, 1.165) is 11.3 Å². The van der Waals surface area contributed by atoms with E-state index in [-0.39, 0.29) is 24.3 Å². The molecule has 0 aliphatic carbocycles. The number of hydrogen-bond acceptors (Lipinski definition) is 3. The van der Waals surface area contributed by atoms with Crippen LogP contribution in [0.2, 0.25) is 0 Å². The summed E-state index contributed by atoms with van der Waals surface area (Å²) < 4.78 is 0. The molecule has 2 amide bonds. The van der Waals surface area contributed by atoms with Crippen molar-refractivity contribution in [1.29, 1.82) is 0 Å². The summed E-state index contributed by atoms with van der Waals surface area (Å²) in [5.74, 6) is 0.542. The van der Waals surface area contributed by atoms with Crippen LogP contribution < -0.4 is 5.32 Å². The maximum absolute atomic E-state index is 12.6. The Bertz CT molecular complexity index is 585. The summed E-state index contributed by atoms with van der Waals surface area (Å²) in [5, 5.41) is 12.1. The minimum atomic E-state index is 0.0116. The summed E-state index contributed by atoms with van der Waals surface area (Å²) >= 11 is 0. The third kappa shape index (κ3) is 2.65. The lowest BCUT2D eigenvalue weighted by Gasteiger charge is -2.20. The smallest absolute Gasteiger partial charge is 0.253 e. The second kappa shape index (κ2) is 5.48. The van der Waals surface area contributed by atoms with Crippen LogP contribution in [0.25, 0.3) is 0 Å². The van der Waals surface area contributed by atoms with Gasteiger partial charge in [-0.2, -0.15) is 0 Å². The molecule has 3 rings (SSSR count). The maximum atomic E-state index is 12.6. The number of aryl methyl sites for hydroxylation is 1. The van der Waals surface area contributed by atoms with Gasteiger partial charge in [0.25, 0.3) is 5.91 Å². The molecule has 112 valence electrons. The number of nitrogens with one attached hydrogen (secondary N) is 1. The van der Waals surface area contributed by atoms with Gasteiger partial charge in [-0.1, -0.05) is 6.92 Å². The molecule has 0 bridgehead atoms. The SMILES string of the molecule is C[C@@H]1CN(C(=O)c2ccc3c(c2)CCC(=O)N3)C[C@H]1CO. The van der Waals surface area contributed by atoms with Crippen LogP contribution in [0.1, 0.15) is 29.3 Å². The summed E-state index contributed by atoms with van der Waals surface area (Å²) in [7, 11) is 0. The summed E-state index contributed by atoms with van der Waals surface area (Å²) in [6.07, 6.45) is 1.15. The van der Waals surface area contributed by atoms with Crippen molar-refractivity contribution in [3.63, 3.8) is 0 Å². The van der Waals surface area contributed by atoms with Gasteiger partial charge in [0.2, 0.25) is 5.91 Å². The van der Waals surface area contributed by atoms with Gasteiger partial charge in [-0.15, -0.1) is 0 Å². The number of rotatable bonds is 2. The Balaban J connectivity index is 1.78. The second-order valence-corrected chi connectivity index (χ2v) is 6.05. The van der Waals surface area contributed by atoms with E-state index in [1.165, 1.54) is 0 Å². The minimum Gasteiger partial charge on any atom is -0.396 e. The molecule has 1 fully saturated rings. The first-order valence-electron chi connectivity index (χ1n) is 7.41. The average Bonchev–Trinajstić information content (AvgIpc) is 2.87. The van der Waals surface area contributed by atoms with Crippen molar-refractivity contribution in [1.82, 2.24) is 4.90 Å². The van der Waals surface area contributed by atoms with Crippen molar-refractivity contribution in [3.05, 3.63) is 29.3 Å². The Hall–Kier alpha value is -1.88. The molecular formula is C16H20N2O3. The molecule has 2 atom stereocenters. The first-order valence-corrected chi connectivity index (χ1v) is 7.41. The fourth-order valence-electron chi connectivity index (χ4n) is 3.14. The predicted molar refractivity (Wildman–Crippen MR) is 79.0 cm³/mol. The van der Waals surface area contributed by atoms with Gasteiger partial charge >= 0.3 is 0 Å². The lowest BCUT2D eigenvalue weighted by molar-refractivity contribution is -0.116. The van der Waals surface area contributed by atoms with Gasteiger partial charge < -0.3 is 15.3 Å². The topological polar surface area (TPSA) is 69.6 Å². The van der Waals surface area contributed by atoms with E-state index in [1.807, 2.05) is 17.0 Å². The predicted octanol–water partition coefficient (Wildman–Crippen LogP) is 1.27. The molecule has 0 radical (unpaired) electrons. The van der Waals surface area contributed by atoms with Crippen LogP contribution in [0.15, 0.2) is 18.2 Å². The molecule has 21 heavy (non-hydrogen) atoms. The van der Waals surface area contributed by atoms with Crippen molar-refractivity contribution >= 4 is 17.5 Å². The van der Waals surface area contributed by atoms with Crippen molar-refractivity contribution in [3.8, 4) is 0 Å². The van der Waals surface area contributed by atoms with E-state index < -0.39 is 0 Å². The molecule has 0 unspecified atom stereocenters. The molecule has 0 spiro atoms. The zero-order chi connectivity index (χ0) is 15.0. The zero-order valence-electron chi connectivity index (χ0n) is 12.1. The third-order valence-corrected chi connectivity index (χ3v) is 4.54. The molecule has 2 N–H and O–H groups in total. The summed E-state index contributed by atoms with van der Waals surface area (Å²) in [6.45, 7) is 3.50. The summed E-state index contributed by atoms with van der Waals surface area (Å²) in [5.41, 5.74) is 2.49. The van der Waals surface area contributed by atoms with E-state index in [1.54, 1.807) is 6.07 Å². The maximum Gasteiger partial charge on any atom is 0.253 e. The van der Waals surface area contributed by atoms with Crippen LogP contribution in [0.4, 0.5) is 5.69 Å². The molecular weight excluding hydrogens is 268 g/mol. The Morgan fingerprint density at radius 1 is 1.38 bits per heavy atom. The van der Waals surface area contributed by atoms with E-state index in [2.05, 4.69) is 12.2 Å². The molecule has 2 aliphatic heterocycles. The van der Waals surface area contributed by atoms with E-state index in [4.69, 9.17) is 0 Å². The Kier molecular flexibility index (Phi) is 3.68. The van der Waals surface area contributed by atoms with Crippen molar-refractivity contribution in [2.45, 2.75) is 19.8 Å². The monoisotopic (exact) mass is 288 g/mol. The highest BCUT2D eigenvalue weighted by atomic mass is 16.3. The fraction of sp³-hybridized carbons (Fsp3) is 0.500. The second-order valence-electron chi connectivity index (χ2n) is 6.05. The highest BCUT2D eigenvalue weighted by Crippen LogP contribution is 2.27. The number of benzene rings is 1. The number of anilines is 1. The van der Waals surface area contributed by atoms with Crippen LogP contribution in [-0.2, 0) is 11.2 Å². The number of likely N-dealkylation sites (tertiary alicyclic amines) is 1. The quantitative estimate of drug-likeness (QED) is 0.861. The van der Waals surface area contributed by atoms with Crippen LogP contribution >= 0.6 is 0 Å². The fourth-order valence-corrected chi connectivity index (χ4v) is 3.14. The van der Waals surface area contributed by atoms with Crippen LogP contribution in [0.5, 0.6) is 0 Å². The van der Waals surface area contributed by atoms with Crippen molar-refractivity contribution in [2.75, 3.05) is 25.0 Å². The molecule has 5 nitrogen and oxygen atoms in total. The van der Waals surface area contributed by atoms with Crippen LogP contribution in [-0.4, -0.2) is 41.5 Å². The van der Waals surface area contributed by atoms with E-state index >= 15 is 0 Å². The molecule has 0 aromatic heterocycles. The molecule has 1 saturated heterocycles. The number of hydrogen-bond donors (Lipinski definition) is 2. The largest absolute Gasteiger partial charge is 0.396 e. The molecule has 1 aromatic rings. The van der Waals surface area contributed by atoms with Crippen molar-refractivity contribution < 1.29 is 14.7 Å². The van der Waals surface area contributed by atoms with Gasteiger partial charge in [-0.05, 0) is 36.1 Å². The highest BCUT2D eigenvalue weighted by molar-refractivity contribution is 5.98. The van der Waals surface area contributed by atoms with E-state index in [9.17, 15) is 14.7 Å². The van der Waals surface area contributed by atoms with E-state index in [0.29, 0.717) is 37.4 Å². The van der Waals surface area contributed by atoms with Gasteiger partial charge in [0.05, 0.1) is 0 Å². The number of aliphatic hydroxyl groups is 1. The summed E-state index contributed by atoms with van der Waals surface area (Å²) in [4.78, 5) is 25.7. The minimum absolute atomic E-state index is 0.0116. The number of aliphatic hydroxyl groups excluding tert-OH is 1. The molecule has 1 aromatic carbocycles. The van der Waals surface area contributed by atoms with Gasteiger partial charge in [0.15, 0.2) is 0 Å². The normalized spacial score (nSPS) is 24.7. The highest BCUT2D eigenvalue weighted by Gasteiger charge is 2.32. The molecule has 0 saturated carbocycles. The standard InChI is InChI=1S/C16H20N2O3/c1-10-7-18(8-13(10)9-19)16(21)12-2-4-14-11(6-12)3-5-15(20)17-14/h2,4,6,10,13,19H,3,5,7-9H2,1H3,(H,17,20)/t10-,13+/m1/s1. The van der Waals surface area contributed by atoms with Gasteiger partial charge in [0.1, 0.15) is 0 Å². The average molecular weight is 288 g/mol. The first kappa shape index (κ1) is 14.1. The Labute approximate surface area is 123 Å². The lowest BCUT2D eigenvalue weighted by atomic mass is 10.00. The Morgan fingerprint density at radius 2 is 2.19 bits per heavy atom. The molecule has 5 heteroatoms. The number of amides is 2. The number of carbonyl (C=O) groups excluding carboxylic acids is 2. The molecule has 2 aliphatic rings. The first-order chi connectivity index (χ1) is 10.1. The number of carbonyl (C=O) groups is 2. The van der Waals surface area contributed by atoms with Crippen LogP contribution in [0, 0.1) is 11.8 Å². The summed E-state index contributed by atoms with van der Waals surface area (Å²) in [6, 6.07) is 5.46. The lowest BCUT2D eigenvalue weighted by Crippen LogP contribution is -2.29. The van der Waals surface area contributed by atoms with Gasteiger partial charge in [-0.3, -0.25) is 9.59 Å². The Morgan fingerprint density at radius 3 is 2.90 bits per heavy atom. The van der Waals surface area contributed by atoms with Gasteiger partial charge in [-0.25, -0.2) is 0 Å². The molecule has 2 heterocycles. The number of fused-ring (bicyclic) bond motifs is 1. The van der Waals surface area contributed by atoms with Crippen molar-refractivity contribution in [2.24, 2.45) is 11.8 Å². The number of nitrogens with zero attached hydrogens (tertiary/aromatic N) is 1. The van der Waals surface area contributed by atoms with Gasteiger partial charge in [0, 0.05) is 43.3 Å².